The van der Waals surface area contributed by atoms with Crippen LogP contribution in [-0.2, 0) is 4.79 Å². The molecule has 3 aromatic rings. The number of methoxy groups -OCH3 is 3. The SMILES string of the molecule is COc1ccc(-c2n[nH]c(=S)n2/N=C/c2cc(OC)c(OC(C)=O)c(OC)c2)cc1. The predicted molar refractivity (Wildman–Crippen MR) is 113 cm³/mol. The van der Waals surface area contributed by atoms with Crippen LogP contribution in [0.25, 0.3) is 11.4 Å². The van der Waals surface area contributed by atoms with Gasteiger partial charge in [-0.15, -0.1) is 0 Å². The normalized spacial score (nSPS) is 10.8. The number of carbonyl (C=O) groups excluding carboxylic acids is 1. The summed E-state index contributed by atoms with van der Waals surface area (Å²) in [5, 5.41) is 11.4. The number of hydrogen-bond donors (Lipinski definition) is 1. The molecule has 9 nitrogen and oxygen atoms in total. The molecule has 3 rings (SSSR count). The number of nitrogens with one attached hydrogen (secondary N) is 1. The first-order valence-corrected chi connectivity index (χ1v) is 9.18. The number of H-pyrrole nitrogens is 1. The number of ether oxygens (including phenoxy) is 4. The molecule has 0 unspecified atom stereocenters. The van der Waals surface area contributed by atoms with Gasteiger partial charge in [-0.1, -0.05) is 0 Å². The average Bonchev–Trinajstić information content (AvgIpc) is 3.12. The van der Waals surface area contributed by atoms with Gasteiger partial charge in [0.15, 0.2) is 17.3 Å². The summed E-state index contributed by atoms with van der Waals surface area (Å²) in [6.07, 6.45) is 1.57. The summed E-state index contributed by atoms with van der Waals surface area (Å²) in [5.74, 6) is 1.64. The minimum atomic E-state index is -0.484. The molecule has 0 radical (unpaired) electrons. The third kappa shape index (κ3) is 4.49. The van der Waals surface area contributed by atoms with E-state index in [9.17, 15) is 4.79 Å². The maximum atomic E-state index is 11.4. The van der Waals surface area contributed by atoms with Gasteiger partial charge in [-0.2, -0.15) is 14.9 Å². The van der Waals surface area contributed by atoms with Gasteiger partial charge in [0.25, 0.3) is 0 Å². The number of nitrogens with zero attached hydrogens (tertiary/aromatic N) is 3. The quantitative estimate of drug-likeness (QED) is 0.266. The molecule has 30 heavy (non-hydrogen) atoms. The fourth-order valence-corrected chi connectivity index (χ4v) is 2.85. The molecule has 0 saturated carbocycles. The zero-order valence-electron chi connectivity index (χ0n) is 16.8. The van der Waals surface area contributed by atoms with Crippen LogP contribution in [0, 0.1) is 4.77 Å². The summed E-state index contributed by atoms with van der Waals surface area (Å²) in [7, 11) is 4.54. The van der Waals surface area contributed by atoms with Gasteiger partial charge in [0.05, 0.1) is 27.5 Å². The number of aromatic amines is 1. The van der Waals surface area contributed by atoms with Gasteiger partial charge >= 0.3 is 5.97 Å². The van der Waals surface area contributed by atoms with Gasteiger partial charge in [-0.25, -0.2) is 5.10 Å². The zero-order valence-corrected chi connectivity index (χ0v) is 17.6. The number of benzene rings is 2. The van der Waals surface area contributed by atoms with Gasteiger partial charge in [0.2, 0.25) is 10.5 Å². The topological polar surface area (TPSA) is 100.0 Å². The average molecular weight is 428 g/mol. The van der Waals surface area contributed by atoms with Crippen LogP contribution < -0.4 is 18.9 Å². The second kappa shape index (κ2) is 9.23. The Morgan fingerprint density at radius 3 is 2.27 bits per heavy atom. The van der Waals surface area contributed by atoms with E-state index < -0.39 is 5.97 Å². The van der Waals surface area contributed by atoms with E-state index in [1.165, 1.54) is 25.8 Å². The largest absolute Gasteiger partial charge is 0.497 e. The van der Waals surface area contributed by atoms with Crippen LogP contribution in [-0.4, -0.2) is 48.4 Å². The zero-order chi connectivity index (χ0) is 21.7. The molecule has 0 saturated heterocycles. The van der Waals surface area contributed by atoms with Crippen LogP contribution in [0.3, 0.4) is 0 Å². The molecule has 156 valence electrons. The monoisotopic (exact) mass is 428 g/mol. The number of carbonyl (C=O) groups is 1. The first kappa shape index (κ1) is 21.1. The first-order chi connectivity index (χ1) is 14.5. The van der Waals surface area contributed by atoms with Crippen molar-refractivity contribution in [2.45, 2.75) is 6.92 Å². The number of esters is 1. The second-order valence-electron chi connectivity index (χ2n) is 5.99. The lowest BCUT2D eigenvalue weighted by molar-refractivity contribution is -0.132. The van der Waals surface area contributed by atoms with Crippen LogP contribution >= 0.6 is 12.2 Å². The van der Waals surface area contributed by atoms with Crippen molar-refractivity contribution in [1.29, 1.82) is 0 Å². The molecule has 0 aliphatic rings. The molecule has 0 atom stereocenters. The molecule has 1 aromatic heterocycles. The lowest BCUT2D eigenvalue weighted by atomic mass is 10.2. The Balaban J connectivity index is 1.99. The lowest BCUT2D eigenvalue weighted by Gasteiger charge is -2.13. The van der Waals surface area contributed by atoms with Crippen LogP contribution in [0.15, 0.2) is 41.5 Å². The highest BCUT2D eigenvalue weighted by Crippen LogP contribution is 2.38. The van der Waals surface area contributed by atoms with E-state index in [1.54, 1.807) is 25.5 Å². The van der Waals surface area contributed by atoms with E-state index in [-0.39, 0.29) is 5.75 Å². The van der Waals surface area contributed by atoms with Crippen molar-refractivity contribution in [3.63, 3.8) is 0 Å². The molecule has 0 aliphatic carbocycles. The van der Waals surface area contributed by atoms with E-state index in [2.05, 4.69) is 15.3 Å². The van der Waals surface area contributed by atoms with Crippen LogP contribution in [0.5, 0.6) is 23.0 Å². The van der Waals surface area contributed by atoms with E-state index >= 15 is 0 Å². The van der Waals surface area contributed by atoms with Crippen LogP contribution in [0.2, 0.25) is 0 Å². The highest BCUT2D eigenvalue weighted by Gasteiger charge is 2.16. The van der Waals surface area contributed by atoms with Gasteiger partial charge in [-0.05, 0) is 48.6 Å². The summed E-state index contributed by atoms with van der Waals surface area (Å²) in [5.41, 5.74) is 1.45. The Morgan fingerprint density at radius 2 is 1.73 bits per heavy atom. The third-order valence-corrected chi connectivity index (χ3v) is 4.31. The van der Waals surface area contributed by atoms with E-state index in [1.807, 2.05) is 24.3 Å². The van der Waals surface area contributed by atoms with E-state index in [0.717, 1.165) is 11.3 Å². The van der Waals surface area contributed by atoms with Crippen molar-refractivity contribution in [1.82, 2.24) is 14.9 Å². The molecule has 2 aromatic carbocycles. The minimum absolute atomic E-state index is 0.198. The Morgan fingerprint density at radius 1 is 1.10 bits per heavy atom. The van der Waals surface area contributed by atoms with Gasteiger partial charge in [0.1, 0.15) is 5.75 Å². The van der Waals surface area contributed by atoms with Crippen LogP contribution in [0.1, 0.15) is 12.5 Å². The Hall–Kier alpha value is -3.66. The molecule has 0 fully saturated rings. The highest BCUT2D eigenvalue weighted by atomic mass is 32.1. The second-order valence-corrected chi connectivity index (χ2v) is 6.37. The molecule has 0 amide bonds. The molecular weight excluding hydrogens is 408 g/mol. The Kier molecular flexibility index (Phi) is 6.48. The van der Waals surface area contributed by atoms with Gasteiger partial charge in [0, 0.05) is 18.1 Å². The van der Waals surface area contributed by atoms with Crippen molar-refractivity contribution in [3.05, 3.63) is 46.7 Å². The lowest BCUT2D eigenvalue weighted by Crippen LogP contribution is -2.05. The minimum Gasteiger partial charge on any atom is -0.497 e. The number of hydrogen-bond acceptors (Lipinski definition) is 8. The molecule has 0 aliphatic heterocycles. The fourth-order valence-electron chi connectivity index (χ4n) is 2.67. The van der Waals surface area contributed by atoms with Crippen LogP contribution in [0.4, 0.5) is 0 Å². The van der Waals surface area contributed by atoms with Crippen molar-refractivity contribution in [3.8, 4) is 34.4 Å². The Labute approximate surface area is 177 Å². The standard InChI is InChI=1S/C20H20N4O5S/c1-12(25)29-18-16(27-3)9-13(10-17(18)28-4)11-21-24-19(22-23-20(24)30)14-5-7-15(26-2)8-6-14/h5-11H,1-4H3,(H,23,30)/b21-11+. The summed E-state index contributed by atoms with van der Waals surface area (Å²) >= 11 is 5.30. The summed E-state index contributed by atoms with van der Waals surface area (Å²) < 4.78 is 22.9. The van der Waals surface area contributed by atoms with Crippen molar-refractivity contribution in [2.24, 2.45) is 5.10 Å². The molecule has 0 spiro atoms. The summed E-state index contributed by atoms with van der Waals surface area (Å²) in [4.78, 5) is 11.4. The van der Waals surface area contributed by atoms with E-state index in [4.69, 9.17) is 31.2 Å². The maximum Gasteiger partial charge on any atom is 0.308 e. The molecule has 1 N–H and O–H groups in total. The summed E-state index contributed by atoms with van der Waals surface area (Å²) in [6, 6.07) is 10.7. The predicted octanol–water partition coefficient (Wildman–Crippen LogP) is 3.44. The van der Waals surface area contributed by atoms with E-state index in [0.29, 0.717) is 27.7 Å². The molecule has 1 heterocycles. The highest BCUT2D eigenvalue weighted by molar-refractivity contribution is 7.71. The molecule has 0 bridgehead atoms. The fraction of sp³-hybridized carbons (Fsp3) is 0.200. The first-order valence-electron chi connectivity index (χ1n) is 8.77. The van der Waals surface area contributed by atoms with Gasteiger partial charge < -0.3 is 18.9 Å². The molecular formula is C20H20N4O5S. The Bertz CT molecular complexity index is 1110. The smallest absolute Gasteiger partial charge is 0.308 e. The summed E-state index contributed by atoms with van der Waals surface area (Å²) in [6.45, 7) is 1.30. The third-order valence-electron chi connectivity index (χ3n) is 4.05. The van der Waals surface area contributed by atoms with Crippen molar-refractivity contribution < 1.29 is 23.7 Å². The van der Waals surface area contributed by atoms with Crippen molar-refractivity contribution in [2.75, 3.05) is 21.3 Å². The van der Waals surface area contributed by atoms with Crippen molar-refractivity contribution >= 4 is 24.4 Å². The molecule has 10 heteroatoms. The number of aromatic nitrogens is 3. The van der Waals surface area contributed by atoms with Gasteiger partial charge in [-0.3, -0.25) is 4.79 Å². The number of rotatable bonds is 7. The maximum absolute atomic E-state index is 11.4.